The van der Waals surface area contributed by atoms with Crippen molar-refractivity contribution in [3.63, 3.8) is 0 Å². The number of hydrogen-bond donors (Lipinski definition) is 2. The number of aromatic carboxylic acids is 1. The van der Waals surface area contributed by atoms with Crippen molar-refractivity contribution in [2.75, 3.05) is 6.61 Å². The van der Waals surface area contributed by atoms with Crippen LogP contribution in [-0.4, -0.2) is 40.4 Å². The minimum Gasteiger partial charge on any atom is -0.489 e. The summed E-state index contributed by atoms with van der Waals surface area (Å²) in [5.41, 5.74) is 0.165. The van der Waals surface area contributed by atoms with Crippen molar-refractivity contribution >= 4 is 28.0 Å². The summed E-state index contributed by atoms with van der Waals surface area (Å²) in [4.78, 5) is 27.5. The van der Waals surface area contributed by atoms with Gasteiger partial charge in [-0.2, -0.15) is 0 Å². The number of carbonyl (C=O) groups excluding carboxylic acids is 1. The Morgan fingerprint density at radius 1 is 1.18 bits per heavy atom. The molecule has 28 heavy (non-hydrogen) atoms. The summed E-state index contributed by atoms with van der Waals surface area (Å²) in [6.45, 7) is 5.39. The van der Waals surface area contributed by atoms with Crippen LogP contribution in [0.3, 0.4) is 0 Å². The molecule has 0 bridgehead atoms. The third-order valence-corrected chi connectivity index (χ3v) is 3.95. The zero-order valence-corrected chi connectivity index (χ0v) is 17.5. The van der Waals surface area contributed by atoms with E-state index in [1.165, 1.54) is 6.07 Å². The Morgan fingerprint density at radius 3 is 2.46 bits per heavy atom. The third-order valence-electron chi connectivity index (χ3n) is 3.51. The highest BCUT2D eigenvalue weighted by molar-refractivity contribution is 9.10. The van der Waals surface area contributed by atoms with Crippen LogP contribution in [-0.2, 0) is 11.2 Å². The predicted octanol–water partition coefficient (Wildman–Crippen LogP) is 4.06. The fourth-order valence-electron chi connectivity index (χ4n) is 2.41. The molecule has 0 aliphatic carbocycles. The number of hydrogen-bond acceptors (Lipinski definition) is 5. The summed E-state index contributed by atoms with van der Waals surface area (Å²) < 4.78 is 11.4. The summed E-state index contributed by atoms with van der Waals surface area (Å²) in [5.74, 6) is -1.07. The van der Waals surface area contributed by atoms with Gasteiger partial charge in [0.2, 0.25) is 0 Å². The molecule has 2 rings (SSSR count). The van der Waals surface area contributed by atoms with E-state index in [0.717, 1.165) is 5.56 Å². The van der Waals surface area contributed by atoms with Crippen molar-refractivity contribution in [2.24, 2.45) is 0 Å². The Hall–Kier alpha value is -2.61. The monoisotopic (exact) mass is 450 g/mol. The molecule has 0 aliphatic heterocycles. The molecule has 1 aromatic carbocycles. The van der Waals surface area contributed by atoms with Crippen LogP contribution in [0.25, 0.3) is 0 Å². The van der Waals surface area contributed by atoms with Gasteiger partial charge in [-0.25, -0.2) is 14.6 Å². The molecule has 2 N–H and O–H groups in total. The van der Waals surface area contributed by atoms with Crippen LogP contribution in [0.5, 0.6) is 5.75 Å². The van der Waals surface area contributed by atoms with Gasteiger partial charge in [-0.3, -0.25) is 0 Å². The number of rotatable bonds is 7. The molecule has 1 atom stereocenters. The van der Waals surface area contributed by atoms with Gasteiger partial charge in [0.05, 0.1) is 6.04 Å². The lowest BCUT2D eigenvalue weighted by Gasteiger charge is -2.24. The van der Waals surface area contributed by atoms with Crippen LogP contribution in [0.1, 0.15) is 36.8 Å². The predicted molar refractivity (Wildman–Crippen MR) is 108 cm³/mol. The normalized spacial score (nSPS) is 12.1. The number of ether oxygens (including phenoxy) is 2. The molecule has 150 valence electrons. The van der Waals surface area contributed by atoms with E-state index >= 15 is 0 Å². The molecule has 1 amide bonds. The maximum Gasteiger partial charge on any atom is 0.408 e. The molecule has 0 spiro atoms. The van der Waals surface area contributed by atoms with Gasteiger partial charge < -0.3 is 19.9 Å². The van der Waals surface area contributed by atoms with E-state index in [9.17, 15) is 14.7 Å². The fraction of sp³-hybridized carbons (Fsp3) is 0.350. The Balaban J connectivity index is 2.13. The second-order valence-electron chi connectivity index (χ2n) is 7.13. The van der Waals surface area contributed by atoms with E-state index in [4.69, 9.17) is 9.47 Å². The van der Waals surface area contributed by atoms with Crippen LogP contribution < -0.4 is 10.1 Å². The Bertz CT molecular complexity index is 821. The average molecular weight is 451 g/mol. The van der Waals surface area contributed by atoms with E-state index in [0.29, 0.717) is 11.0 Å². The van der Waals surface area contributed by atoms with Gasteiger partial charge in [0.15, 0.2) is 11.4 Å². The molecular formula is C20H23BrN2O5. The number of pyridine rings is 1. The second-order valence-corrected chi connectivity index (χ2v) is 7.94. The maximum absolute atomic E-state index is 12.2. The Labute approximate surface area is 172 Å². The SMILES string of the molecule is CC(C)(C)OC(=O)NC(COc1ccc(Br)nc1C(=O)O)Cc1ccccc1. The van der Waals surface area contributed by atoms with Gasteiger partial charge in [0.1, 0.15) is 16.8 Å². The van der Waals surface area contributed by atoms with Gasteiger partial charge in [0.25, 0.3) is 0 Å². The molecule has 7 nitrogen and oxygen atoms in total. The number of aromatic nitrogens is 1. The number of halogens is 1. The van der Waals surface area contributed by atoms with Gasteiger partial charge >= 0.3 is 12.1 Å². The topological polar surface area (TPSA) is 97.8 Å². The van der Waals surface area contributed by atoms with Crippen LogP contribution in [0.2, 0.25) is 0 Å². The summed E-state index contributed by atoms with van der Waals surface area (Å²) in [5, 5.41) is 12.1. The molecule has 0 saturated carbocycles. The first-order valence-electron chi connectivity index (χ1n) is 8.70. The number of amides is 1. The number of nitrogens with one attached hydrogen (secondary N) is 1. The third kappa shape index (κ3) is 7.19. The quantitative estimate of drug-likeness (QED) is 0.617. The molecular weight excluding hydrogens is 428 g/mol. The van der Waals surface area contributed by atoms with E-state index in [2.05, 4.69) is 26.2 Å². The van der Waals surface area contributed by atoms with Crippen LogP contribution in [0, 0.1) is 0 Å². The second kappa shape index (κ2) is 9.54. The number of carboxylic acid groups (broad SMARTS) is 1. The summed E-state index contributed by atoms with van der Waals surface area (Å²) >= 11 is 3.15. The highest BCUT2D eigenvalue weighted by Gasteiger charge is 2.21. The Morgan fingerprint density at radius 2 is 1.86 bits per heavy atom. The van der Waals surface area contributed by atoms with Gasteiger partial charge in [-0.05, 0) is 60.8 Å². The lowest BCUT2D eigenvalue weighted by atomic mass is 10.1. The van der Waals surface area contributed by atoms with Crippen molar-refractivity contribution in [3.8, 4) is 5.75 Å². The van der Waals surface area contributed by atoms with E-state index in [-0.39, 0.29) is 18.1 Å². The fourth-order valence-corrected chi connectivity index (χ4v) is 2.72. The highest BCUT2D eigenvalue weighted by atomic mass is 79.9. The van der Waals surface area contributed by atoms with Crippen LogP contribution >= 0.6 is 15.9 Å². The molecule has 0 saturated heterocycles. The van der Waals surface area contributed by atoms with E-state index in [1.54, 1.807) is 26.8 Å². The minimum absolute atomic E-state index is 0.0533. The molecule has 0 aliphatic rings. The molecule has 2 aromatic rings. The number of nitrogens with zero attached hydrogens (tertiary/aromatic N) is 1. The van der Waals surface area contributed by atoms with E-state index < -0.39 is 23.7 Å². The lowest BCUT2D eigenvalue weighted by Crippen LogP contribution is -2.43. The Kier molecular flexibility index (Phi) is 7.39. The first kappa shape index (κ1) is 21.7. The summed E-state index contributed by atoms with van der Waals surface area (Å²) in [6.07, 6.45) is -0.0728. The van der Waals surface area contributed by atoms with Crippen molar-refractivity contribution < 1.29 is 24.2 Å². The van der Waals surface area contributed by atoms with Gasteiger partial charge in [0, 0.05) is 0 Å². The number of carboxylic acids is 1. The summed E-state index contributed by atoms with van der Waals surface area (Å²) in [7, 11) is 0. The standard InChI is InChI=1S/C20H23BrN2O5/c1-20(2,3)28-19(26)22-14(11-13-7-5-4-6-8-13)12-27-15-9-10-16(21)23-17(15)18(24)25/h4-10,14H,11-12H2,1-3H3,(H,22,26)(H,24,25). The molecule has 1 unspecified atom stereocenters. The van der Waals surface area contributed by atoms with Gasteiger partial charge in [-0.15, -0.1) is 0 Å². The molecule has 1 aromatic heterocycles. The lowest BCUT2D eigenvalue weighted by molar-refractivity contribution is 0.0485. The van der Waals surface area contributed by atoms with Crippen molar-refractivity contribution in [3.05, 3.63) is 58.3 Å². The van der Waals surface area contributed by atoms with Crippen LogP contribution in [0.4, 0.5) is 4.79 Å². The van der Waals surface area contributed by atoms with Crippen molar-refractivity contribution in [1.82, 2.24) is 10.3 Å². The molecule has 0 fully saturated rings. The largest absolute Gasteiger partial charge is 0.489 e. The molecule has 8 heteroatoms. The highest BCUT2D eigenvalue weighted by Crippen LogP contribution is 2.20. The zero-order valence-electron chi connectivity index (χ0n) is 15.9. The number of carbonyl (C=O) groups is 2. The number of alkyl carbamates (subject to hydrolysis) is 1. The van der Waals surface area contributed by atoms with E-state index in [1.807, 2.05) is 30.3 Å². The average Bonchev–Trinajstić information content (AvgIpc) is 2.59. The van der Waals surface area contributed by atoms with Crippen molar-refractivity contribution in [1.29, 1.82) is 0 Å². The van der Waals surface area contributed by atoms with Crippen molar-refractivity contribution in [2.45, 2.75) is 38.8 Å². The maximum atomic E-state index is 12.2. The summed E-state index contributed by atoms with van der Waals surface area (Å²) in [6, 6.07) is 12.3. The first-order valence-corrected chi connectivity index (χ1v) is 9.49. The number of benzene rings is 1. The minimum atomic E-state index is -1.20. The smallest absolute Gasteiger partial charge is 0.408 e. The van der Waals surface area contributed by atoms with Gasteiger partial charge in [-0.1, -0.05) is 30.3 Å². The molecule has 0 radical (unpaired) electrons. The zero-order chi connectivity index (χ0) is 20.7. The van der Waals surface area contributed by atoms with Crippen LogP contribution in [0.15, 0.2) is 47.1 Å². The molecule has 1 heterocycles. The first-order chi connectivity index (χ1) is 13.1.